The molecule has 0 atom stereocenters. The van der Waals surface area contributed by atoms with E-state index in [0.717, 1.165) is 6.20 Å². The Morgan fingerprint density at radius 3 is 2.64 bits per heavy atom. The van der Waals surface area contributed by atoms with E-state index in [9.17, 15) is 18.9 Å². The molecule has 5 nitrogen and oxygen atoms in total. The average Bonchev–Trinajstić information content (AvgIpc) is 2.02. The standard InChI is InChI=1S/C7H6F2N2O3/c1-3-2-10-4(7(8)9)6(12)5(3)11(13)14/h2,7,12H,1H3. The largest absolute Gasteiger partial charge is 0.501 e. The number of aryl methyl sites for hydroxylation is 1. The summed E-state index contributed by atoms with van der Waals surface area (Å²) >= 11 is 0. The number of nitro groups is 1. The van der Waals surface area contributed by atoms with Gasteiger partial charge in [-0.15, -0.1) is 0 Å². The third-order valence-corrected chi connectivity index (χ3v) is 1.63. The fourth-order valence-electron chi connectivity index (χ4n) is 0.987. The molecule has 1 rings (SSSR count). The second-order valence-corrected chi connectivity index (χ2v) is 2.58. The van der Waals surface area contributed by atoms with Crippen molar-refractivity contribution in [2.24, 2.45) is 0 Å². The lowest BCUT2D eigenvalue weighted by atomic mass is 10.2. The number of aromatic nitrogens is 1. The lowest BCUT2D eigenvalue weighted by Gasteiger charge is -2.04. The molecule has 0 saturated heterocycles. The highest BCUT2D eigenvalue weighted by Gasteiger charge is 2.26. The zero-order valence-corrected chi connectivity index (χ0v) is 7.07. The molecule has 1 aromatic rings. The Balaban J connectivity index is 3.41. The summed E-state index contributed by atoms with van der Waals surface area (Å²) in [5.74, 6) is -1.06. The Morgan fingerprint density at radius 1 is 1.64 bits per heavy atom. The van der Waals surface area contributed by atoms with Gasteiger partial charge in [-0.2, -0.15) is 0 Å². The van der Waals surface area contributed by atoms with Gasteiger partial charge in [0.2, 0.25) is 5.75 Å². The van der Waals surface area contributed by atoms with Crippen LogP contribution in [0.4, 0.5) is 14.5 Å². The van der Waals surface area contributed by atoms with Gasteiger partial charge in [-0.05, 0) is 6.92 Å². The van der Waals surface area contributed by atoms with Crippen LogP contribution in [0.25, 0.3) is 0 Å². The first-order chi connectivity index (χ1) is 6.45. The first-order valence-electron chi connectivity index (χ1n) is 3.56. The monoisotopic (exact) mass is 204 g/mol. The molecule has 0 bridgehead atoms. The minimum atomic E-state index is -3.03. The van der Waals surface area contributed by atoms with Crippen LogP contribution in [0.15, 0.2) is 6.20 Å². The summed E-state index contributed by atoms with van der Waals surface area (Å²) in [4.78, 5) is 12.7. The summed E-state index contributed by atoms with van der Waals surface area (Å²) in [5, 5.41) is 19.5. The van der Waals surface area contributed by atoms with E-state index in [4.69, 9.17) is 5.11 Å². The van der Waals surface area contributed by atoms with Crippen LogP contribution in [0.3, 0.4) is 0 Å². The molecule has 0 spiro atoms. The molecule has 0 aliphatic carbocycles. The maximum Gasteiger partial charge on any atom is 0.317 e. The number of halogens is 2. The first kappa shape index (κ1) is 10.3. The van der Waals surface area contributed by atoms with Crippen LogP contribution in [0.1, 0.15) is 17.7 Å². The Hall–Kier alpha value is -1.79. The number of pyridine rings is 1. The van der Waals surface area contributed by atoms with Gasteiger partial charge in [-0.25, -0.2) is 8.78 Å². The minimum absolute atomic E-state index is 0.0388. The molecular formula is C7H6F2N2O3. The molecule has 1 heterocycles. The average molecular weight is 204 g/mol. The van der Waals surface area contributed by atoms with Crippen molar-refractivity contribution in [2.45, 2.75) is 13.3 Å². The molecule has 1 aromatic heterocycles. The SMILES string of the molecule is Cc1cnc(C(F)F)c(O)c1[N+](=O)[O-]. The van der Waals surface area contributed by atoms with E-state index in [-0.39, 0.29) is 5.56 Å². The molecule has 0 aromatic carbocycles. The Kier molecular flexibility index (Phi) is 2.59. The van der Waals surface area contributed by atoms with Crippen LogP contribution in [-0.2, 0) is 0 Å². The van der Waals surface area contributed by atoms with E-state index in [0.29, 0.717) is 0 Å². The van der Waals surface area contributed by atoms with Gasteiger partial charge in [0, 0.05) is 11.8 Å². The van der Waals surface area contributed by atoms with Crippen molar-refractivity contribution < 1.29 is 18.8 Å². The van der Waals surface area contributed by atoms with Gasteiger partial charge in [0.05, 0.1) is 4.92 Å². The van der Waals surface area contributed by atoms with Gasteiger partial charge in [-0.1, -0.05) is 0 Å². The molecule has 0 fully saturated rings. The van der Waals surface area contributed by atoms with Crippen LogP contribution in [0.5, 0.6) is 5.75 Å². The third kappa shape index (κ3) is 1.61. The summed E-state index contributed by atoms with van der Waals surface area (Å²) < 4.78 is 24.3. The summed E-state index contributed by atoms with van der Waals surface area (Å²) in [6, 6.07) is 0. The number of hydrogen-bond donors (Lipinski definition) is 1. The lowest BCUT2D eigenvalue weighted by molar-refractivity contribution is -0.386. The number of aromatic hydroxyl groups is 1. The molecule has 0 aliphatic heterocycles. The fourth-order valence-corrected chi connectivity index (χ4v) is 0.987. The highest BCUT2D eigenvalue weighted by molar-refractivity contribution is 5.53. The van der Waals surface area contributed by atoms with Crippen LogP contribution < -0.4 is 0 Å². The van der Waals surface area contributed by atoms with E-state index in [1.54, 1.807) is 0 Å². The molecule has 7 heteroatoms. The second-order valence-electron chi connectivity index (χ2n) is 2.58. The highest BCUT2D eigenvalue weighted by atomic mass is 19.3. The van der Waals surface area contributed by atoms with E-state index in [2.05, 4.69) is 4.98 Å². The van der Waals surface area contributed by atoms with Crippen molar-refractivity contribution in [1.29, 1.82) is 0 Å². The molecular weight excluding hydrogens is 198 g/mol. The van der Waals surface area contributed by atoms with E-state index in [1.165, 1.54) is 6.92 Å². The fraction of sp³-hybridized carbons (Fsp3) is 0.286. The number of alkyl halides is 2. The summed E-state index contributed by atoms with van der Waals surface area (Å²) in [5.41, 5.74) is -1.66. The molecule has 76 valence electrons. The first-order valence-corrected chi connectivity index (χ1v) is 3.56. The Labute approximate surface area is 77.2 Å². The van der Waals surface area contributed by atoms with Crippen LogP contribution >= 0.6 is 0 Å². The van der Waals surface area contributed by atoms with Crippen molar-refractivity contribution >= 4 is 5.69 Å². The number of rotatable bonds is 2. The van der Waals surface area contributed by atoms with Crippen LogP contribution in [0, 0.1) is 17.0 Å². The minimum Gasteiger partial charge on any atom is -0.501 e. The topological polar surface area (TPSA) is 76.3 Å². The van der Waals surface area contributed by atoms with Crippen molar-refractivity contribution in [3.8, 4) is 5.75 Å². The molecule has 14 heavy (non-hydrogen) atoms. The van der Waals surface area contributed by atoms with Crippen molar-refractivity contribution in [3.05, 3.63) is 27.6 Å². The second kappa shape index (κ2) is 3.52. The van der Waals surface area contributed by atoms with E-state index in [1.807, 2.05) is 0 Å². The normalized spacial score (nSPS) is 10.6. The van der Waals surface area contributed by atoms with E-state index >= 15 is 0 Å². The maximum atomic E-state index is 12.2. The maximum absolute atomic E-state index is 12.2. The predicted octanol–water partition coefficient (Wildman–Crippen LogP) is 1.94. The van der Waals surface area contributed by atoms with Gasteiger partial charge < -0.3 is 5.11 Å². The molecule has 0 radical (unpaired) electrons. The molecule has 0 unspecified atom stereocenters. The van der Waals surface area contributed by atoms with Crippen molar-refractivity contribution in [3.63, 3.8) is 0 Å². The van der Waals surface area contributed by atoms with Crippen LogP contribution in [0.2, 0.25) is 0 Å². The smallest absolute Gasteiger partial charge is 0.317 e. The molecule has 0 saturated carbocycles. The van der Waals surface area contributed by atoms with Gasteiger partial charge >= 0.3 is 5.69 Å². The Morgan fingerprint density at radius 2 is 2.21 bits per heavy atom. The number of hydrogen-bond acceptors (Lipinski definition) is 4. The highest BCUT2D eigenvalue weighted by Crippen LogP contribution is 2.35. The van der Waals surface area contributed by atoms with Crippen molar-refractivity contribution in [2.75, 3.05) is 0 Å². The molecule has 1 N–H and O–H groups in total. The van der Waals surface area contributed by atoms with Gasteiger partial charge in [-0.3, -0.25) is 15.1 Å². The number of nitrogens with zero attached hydrogens (tertiary/aromatic N) is 2. The van der Waals surface area contributed by atoms with Gasteiger partial charge in [0.25, 0.3) is 6.43 Å². The lowest BCUT2D eigenvalue weighted by Crippen LogP contribution is -1.98. The Bertz CT molecular complexity index is 381. The summed E-state index contributed by atoms with van der Waals surface area (Å²) in [6.07, 6.45) is -2.10. The van der Waals surface area contributed by atoms with Crippen LogP contribution in [-0.4, -0.2) is 15.0 Å². The van der Waals surface area contributed by atoms with E-state index < -0.39 is 28.5 Å². The third-order valence-electron chi connectivity index (χ3n) is 1.63. The molecule has 0 aliphatic rings. The summed E-state index contributed by atoms with van der Waals surface area (Å²) in [7, 11) is 0. The quantitative estimate of drug-likeness (QED) is 0.589. The van der Waals surface area contributed by atoms with Crippen molar-refractivity contribution in [1.82, 2.24) is 4.98 Å². The predicted molar refractivity (Wildman–Crippen MR) is 42.3 cm³/mol. The van der Waals surface area contributed by atoms with Gasteiger partial charge in [0.15, 0.2) is 5.69 Å². The summed E-state index contributed by atoms with van der Waals surface area (Å²) in [6.45, 7) is 1.31. The van der Waals surface area contributed by atoms with Gasteiger partial charge in [0.1, 0.15) is 0 Å². The molecule has 0 amide bonds. The zero-order chi connectivity index (χ0) is 10.9. The zero-order valence-electron chi connectivity index (χ0n) is 7.07.